The molecule has 0 radical (unpaired) electrons. The van der Waals surface area contributed by atoms with E-state index in [1.807, 2.05) is 0 Å². The van der Waals surface area contributed by atoms with Crippen molar-refractivity contribution in [1.82, 2.24) is 5.43 Å². The molecule has 8 nitrogen and oxygen atoms in total. The molecule has 0 aliphatic heterocycles. The Labute approximate surface area is 122 Å². The van der Waals surface area contributed by atoms with Crippen LogP contribution in [0.2, 0.25) is 0 Å². The van der Waals surface area contributed by atoms with Crippen molar-refractivity contribution < 1.29 is 30.0 Å². The van der Waals surface area contributed by atoms with Crippen molar-refractivity contribution >= 4 is 11.6 Å². The van der Waals surface area contributed by atoms with Gasteiger partial charge in [-0.2, -0.15) is 0 Å². The molecule has 1 aromatic rings. The molecular weight excluding hydrogens is 280 g/mol. The van der Waals surface area contributed by atoms with Crippen LogP contribution in [0.3, 0.4) is 0 Å². The average Bonchev–Trinajstić information content (AvgIpc) is 2.53. The number of carbonyl (C=O) groups excluding carboxylic acids is 1. The third-order valence-electron chi connectivity index (χ3n) is 2.87. The van der Waals surface area contributed by atoms with E-state index >= 15 is 0 Å². The predicted octanol–water partition coefficient (Wildman–Crippen LogP) is -1.78. The molecule has 0 aliphatic carbocycles. The van der Waals surface area contributed by atoms with Gasteiger partial charge in [0.15, 0.2) is 6.10 Å². The van der Waals surface area contributed by atoms with Gasteiger partial charge in [0.25, 0.3) is 5.91 Å². The van der Waals surface area contributed by atoms with Crippen LogP contribution in [0, 0.1) is 0 Å². The number of methoxy groups -OCH3 is 1. The Morgan fingerprint density at radius 2 is 1.86 bits per heavy atom. The van der Waals surface area contributed by atoms with Gasteiger partial charge in [-0.05, 0) is 12.1 Å². The smallest absolute Gasteiger partial charge is 0.269 e. The lowest BCUT2D eigenvalue weighted by Gasteiger charge is -2.27. The van der Waals surface area contributed by atoms with Crippen LogP contribution in [-0.4, -0.2) is 64.5 Å². The van der Waals surface area contributed by atoms with E-state index in [4.69, 9.17) is 9.84 Å². The molecule has 1 aromatic carbocycles. The highest BCUT2D eigenvalue weighted by molar-refractivity contribution is 5.82. The summed E-state index contributed by atoms with van der Waals surface area (Å²) in [4.78, 5) is 11.7. The third-order valence-corrected chi connectivity index (χ3v) is 2.87. The molecule has 8 heteroatoms. The van der Waals surface area contributed by atoms with E-state index in [1.54, 1.807) is 30.3 Å². The van der Waals surface area contributed by atoms with Crippen molar-refractivity contribution in [3.05, 3.63) is 30.3 Å². The van der Waals surface area contributed by atoms with Crippen LogP contribution in [0.1, 0.15) is 0 Å². The van der Waals surface area contributed by atoms with Gasteiger partial charge >= 0.3 is 0 Å². The van der Waals surface area contributed by atoms with Gasteiger partial charge in [0.05, 0.1) is 12.3 Å². The highest BCUT2D eigenvalue weighted by Gasteiger charge is 2.35. The maximum atomic E-state index is 11.7. The number of aliphatic hydroxyl groups is 4. The third kappa shape index (κ3) is 4.96. The molecule has 0 aliphatic rings. The summed E-state index contributed by atoms with van der Waals surface area (Å²) >= 11 is 0. The summed E-state index contributed by atoms with van der Waals surface area (Å²) in [7, 11) is 1.18. The molecule has 1 rings (SSSR count). The minimum atomic E-state index is -1.84. The number of amides is 1. The molecule has 0 heterocycles. The zero-order valence-corrected chi connectivity index (χ0v) is 11.5. The molecule has 0 spiro atoms. The second kappa shape index (κ2) is 8.55. The van der Waals surface area contributed by atoms with Crippen LogP contribution in [0.25, 0.3) is 0 Å². The van der Waals surface area contributed by atoms with Crippen LogP contribution in [0.4, 0.5) is 5.69 Å². The zero-order valence-electron chi connectivity index (χ0n) is 11.5. The van der Waals surface area contributed by atoms with Crippen molar-refractivity contribution in [1.29, 1.82) is 0 Å². The van der Waals surface area contributed by atoms with E-state index in [2.05, 4.69) is 10.9 Å². The van der Waals surface area contributed by atoms with E-state index < -0.39 is 36.9 Å². The van der Waals surface area contributed by atoms with Crippen LogP contribution in [-0.2, 0) is 9.53 Å². The molecule has 0 saturated heterocycles. The number of ether oxygens (including phenoxy) is 1. The number of nitrogens with one attached hydrogen (secondary N) is 2. The van der Waals surface area contributed by atoms with Gasteiger partial charge < -0.3 is 25.2 Å². The number of hydrogen-bond acceptors (Lipinski definition) is 7. The molecule has 21 heavy (non-hydrogen) atoms. The van der Waals surface area contributed by atoms with E-state index in [-0.39, 0.29) is 0 Å². The Morgan fingerprint density at radius 3 is 2.38 bits per heavy atom. The molecule has 0 bridgehead atoms. The molecule has 0 unspecified atom stereocenters. The first-order chi connectivity index (χ1) is 10.0. The van der Waals surface area contributed by atoms with Crippen molar-refractivity contribution in [3.63, 3.8) is 0 Å². The summed E-state index contributed by atoms with van der Waals surface area (Å²) in [6.07, 6.45) is -6.26. The highest BCUT2D eigenvalue weighted by Crippen LogP contribution is 2.09. The van der Waals surface area contributed by atoms with Crippen molar-refractivity contribution in [2.45, 2.75) is 24.4 Å². The lowest BCUT2D eigenvalue weighted by atomic mass is 10.0. The molecule has 0 fully saturated rings. The van der Waals surface area contributed by atoms with Gasteiger partial charge in [0, 0.05) is 7.11 Å². The first kappa shape index (κ1) is 17.3. The number of anilines is 1. The molecule has 0 saturated carbocycles. The molecule has 4 atom stereocenters. The van der Waals surface area contributed by atoms with E-state index in [9.17, 15) is 20.1 Å². The first-order valence-electron chi connectivity index (χ1n) is 6.30. The summed E-state index contributed by atoms with van der Waals surface area (Å²) in [5, 5.41) is 37.8. The largest absolute Gasteiger partial charge is 0.394 e. The Balaban J connectivity index is 2.56. The molecule has 6 N–H and O–H groups in total. The van der Waals surface area contributed by atoms with E-state index in [0.717, 1.165) is 0 Å². The van der Waals surface area contributed by atoms with Crippen molar-refractivity contribution in [2.75, 3.05) is 19.1 Å². The lowest BCUT2D eigenvalue weighted by Crippen LogP contribution is -2.53. The molecular formula is C13H20N2O6. The SMILES string of the molecule is CO[C@@H]([C@H](O)[C@H](O)C(=O)NNc1ccccc1)[C@H](O)CO. The number of para-hydroxylation sites is 1. The Kier molecular flexibility index (Phi) is 7.06. The molecule has 0 aromatic heterocycles. The van der Waals surface area contributed by atoms with Gasteiger partial charge in [-0.15, -0.1) is 0 Å². The topological polar surface area (TPSA) is 131 Å². The maximum Gasteiger partial charge on any atom is 0.269 e. The van der Waals surface area contributed by atoms with Crippen LogP contribution in [0.15, 0.2) is 30.3 Å². The van der Waals surface area contributed by atoms with Crippen molar-refractivity contribution in [3.8, 4) is 0 Å². The van der Waals surface area contributed by atoms with Gasteiger partial charge in [0.2, 0.25) is 0 Å². The Hall–Kier alpha value is -1.71. The number of benzene rings is 1. The van der Waals surface area contributed by atoms with Crippen molar-refractivity contribution in [2.24, 2.45) is 0 Å². The van der Waals surface area contributed by atoms with Gasteiger partial charge in [-0.3, -0.25) is 15.6 Å². The summed E-state index contributed by atoms with van der Waals surface area (Å²) < 4.78 is 4.78. The Bertz CT molecular complexity index is 430. The highest BCUT2D eigenvalue weighted by atomic mass is 16.5. The number of carbonyl (C=O) groups is 1. The fraction of sp³-hybridized carbons (Fsp3) is 0.462. The predicted molar refractivity (Wildman–Crippen MR) is 74.1 cm³/mol. The quantitative estimate of drug-likeness (QED) is 0.313. The number of aliphatic hydroxyl groups excluding tert-OH is 4. The van der Waals surface area contributed by atoms with Gasteiger partial charge in [-0.25, -0.2) is 0 Å². The maximum absolute atomic E-state index is 11.7. The fourth-order valence-corrected chi connectivity index (χ4v) is 1.69. The first-order valence-corrected chi connectivity index (χ1v) is 6.30. The standard InChI is InChI=1S/C13H20N2O6/c1-21-12(9(17)7-16)10(18)11(19)13(20)15-14-8-5-3-2-4-6-8/h2-6,9-12,14,16-19H,7H2,1H3,(H,15,20)/t9-,10-,11+,12-/m1/s1. The second-order valence-corrected chi connectivity index (χ2v) is 4.37. The summed E-state index contributed by atoms with van der Waals surface area (Å²) in [5.74, 6) is -0.904. The molecule has 118 valence electrons. The van der Waals surface area contributed by atoms with E-state index in [1.165, 1.54) is 7.11 Å². The summed E-state index contributed by atoms with van der Waals surface area (Å²) in [6, 6.07) is 8.68. The van der Waals surface area contributed by atoms with Gasteiger partial charge in [0.1, 0.15) is 18.3 Å². The van der Waals surface area contributed by atoms with E-state index in [0.29, 0.717) is 5.69 Å². The number of hydrazine groups is 1. The fourth-order valence-electron chi connectivity index (χ4n) is 1.69. The monoisotopic (exact) mass is 300 g/mol. The minimum Gasteiger partial charge on any atom is -0.394 e. The Morgan fingerprint density at radius 1 is 1.24 bits per heavy atom. The molecule has 1 amide bonds. The lowest BCUT2D eigenvalue weighted by molar-refractivity contribution is -0.153. The number of rotatable bonds is 8. The minimum absolute atomic E-state index is 0.589. The second-order valence-electron chi connectivity index (χ2n) is 4.37. The average molecular weight is 300 g/mol. The zero-order chi connectivity index (χ0) is 15.8. The van der Waals surface area contributed by atoms with Crippen LogP contribution in [0.5, 0.6) is 0 Å². The summed E-state index contributed by atoms with van der Waals surface area (Å²) in [6.45, 7) is -0.674. The van der Waals surface area contributed by atoms with Crippen LogP contribution < -0.4 is 10.9 Å². The van der Waals surface area contributed by atoms with Crippen LogP contribution >= 0.6 is 0 Å². The van der Waals surface area contributed by atoms with Gasteiger partial charge in [-0.1, -0.05) is 18.2 Å². The number of hydrogen-bond donors (Lipinski definition) is 6. The summed E-state index contributed by atoms with van der Waals surface area (Å²) in [5.41, 5.74) is 5.36. The normalized spacial score (nSPS) is 16.6.